The number of benzene rings is 1. The molecule has 5 heteroatoms. The molecule has 0 bridgehead atoms. The van der Waals surface area contributed by atoms with Gasteiger partial charge < -0.3 is 5.32 Å². The van der Waals surface area contributed by atoms with Crippen LogP contribution in [0.3, 0.4) is 0 Å². The van der Waals surface area contributed by atoms with Crippen molar-refractivity contribution in [1.82, 2.24) is 9.88 Å². The van der Waals surface area contributed by atoms with Gasteiger partial charge in [0.1, 0.15) is 5.82 Å². The molecule has 1 amide bonds. The first kappa shape index (κ1) is 17.5. The van der Waals surface area contributed by atoms with Crippen LogP contribution in [0.1, 0.15) is 31.4 Å². The summed E-state index contributed by atoms with van der Waals surface area (Å²) in [6.07, 6.45) is 5.37. The van der Waals surface area contributed by atoms with Crippen LogP contribution < -0.4 is 5.32 Å². The molecule has 132 valence electrons. The van der Waals surface area contributed by atoms with Gasteiger partial charge in [0.2, 0.25) is 5.91 Å². The molecule has 1 atom stereocenters. The van der Waals surface area contributed by atoms with Crippen LogP contribution in [-0.4, -0.2) is 28.9 Å². The Bertz CT molecular complexity index is 692. The van der Waals surface area contributed by atoms with Crippen molar-refractivity contribution in [3.63, 3.8) is 0 Å². The highest BCUT2D eigenvalue weighted by molar-refractivity contribution is 5.90. The number of amides is 1. The zero-order valence-corrected chi connectivity index (χ0v) is 14.3. The van der Waals surface area contributed by atoms with E-state index in [0.29, 0.717) is 12.3 Å². The molecule has 1 saturated heterocycles. The third-order valence-corrected chi connectivity index (χ3v) is 4.64. The molecule has 25 heavy (non-hydrogen) atoms. The molecule has 1 fully saturated rings. The fourth-order valence-corrected chi connectivity index (χ4v) is 3.36. The maximum absolute atomic E-state index is 13.6. The van der Waals surface area contributed by atoms with Gasteiger partial charge in [-0.15, -0.1) is 0 Å². The number of carbonyl (C=O) groups excluding carboxylic acids is 1. The number of halogens is 1. The highest BCUT2D eigenvalue weighted by Gasteiger charge is 2.21. The van der Waals surface area contributed by atoms with Gasteiger partial charge in [0.25, 0.3) is 0 Å². The first-order chi connectivity index (χ1) is 12.2. The molecule has 2 aromatic rings. The van der Waals surface area contributed by atoms with Gasteiger partial charge in [0.15, 0.2) is 0 Å². The summed E-state index contributed by atoms with van der Waals surface area (Å²) < 4.78 is 13.6. The fourth-order valence-electron chi connectivity index (χ4n) is 3.36. The number of anilines is 1. The molecule has 0 spiro atoms. The minimum absolute atomic E-state index is 0.119. The Hall–Kier alpha value is -2.27. The first-order valence-corrected chi connectivity index (χ1v) is 8.87. The van der Waals surface area contributed by atoms with Gasteiger partial charge in [-0.05, 0) is 56.0 Å². The third kappa shape index (κ3) is 5.36. The number of likely N-dealkylation sites (tertiary alicyclic amines) is 1. The number of hydrogen-bond donors (Lipinski definition) is 1. The molecule has 1 aliphatic heterocycles. The number of nitrogens with zero attached hydrogens (tertiary/aromatic N) is 2. The molecule has 1 aromatic carbocycles. The van der Waals surface area contributed by atoms with E-state index in [2.05, 4.69) is 15.2 Å². The van der Waals surface area contributed by atoms with Crippen molar-refractivity contribution in [3.05, 3.63) is 60.2 Å². The monoisotopic (exact) mass is 341 g/mol. The number of nitrogens with one attached hydrogen (secondary N) is 1. The summed E-state index contributed by atoms with van der Waals surface area (Å²) in [7, 11) is 0. The maximum Gasteiger partial charge on any atom is 0.224 e. The number of rotatable bonds is 6. The number of carbonyl (C=O) groups is 1. The Morgan fingerprint density at radius 2 is 2.08 bits per heavy atom. The van der Waals surface area contributed by atoms with E-state index in [1.165, 1.54) is 6.07 Å². The zero-order chi connectivity index (χ0) is 17.5. The van der Waals surface area contributed by atoms with Crippen LogP contribution in [0.5, 0.6) is 0 Å². The Kier molecular flexibility index (Phi) is 6.12. The molecule has 1 aromatic heterocycles. The highest BCUT2D eigenvalue weighted by Crippen LogP contribution is 2.22. The van der Waals surface area contributed by atoms with E-state index in [4.69, 9.17) is 0 Å². The third-order valence-electron chi connectivity index (χ3n) is 4.64. The number of pyridine rings is 1. The lowest BCUT2D eigenvalue weighted by molar-refractivity contribution is -0.116. The molecule has 2 heterocycles. The Labute approximate surface area is 148 Å². The van der Waals surface area contributed by atoms with Crippen LogP contribution >= 0.6 is 0 Å². The number of aromatic nitrogens is 1. The molecule has 3 rings (SSSR count). The Balaban J connectivity index is 1.45. The summed E-state index contributed by atoms with van der Waals surface area (Å²) >= 11 is 0. The molecule has 0 saturated carbocycles. The van der Waals surface area contributed by atoms with Crippen molar-refractivity contribution in [2.24, 2.45) is 5.92 Å². The van der Waals surface area contributed by atoms with Gasteiger partial charge in [0.05, 0.1) is 11.4 Å². The lowest BCUT2D eigenvalue weighted by Crippen LogP contribution is -2.35. The minimum Gasteiger partial charge on any atom is -0.324 e. The van der Waals surface area contributed by atoms with Crippen LogP contribution in [0.2, 0.25) is 0 Å². The van der Waals surface area contributed by atoms with Gasteiger partial charge in [-0.25, -0.2) is 4.39 Å². The molecule has 0 radical (unpaired) electrons. The van der Waals surface area contributed by atoms with Gasteiger partial charge in [-0.3, -0.25) is 14.7 Å². The predicted octanol–water partition coefficient (Wildman–Crippen LogP) is 3.85. The van der Waals surface area contributed by atoms with Gasteiger partial charge >= 0.3 is 0 Å². The number of para-hydroxylation sites is 1. The SMILES string of the molecule is O=C(CC[C@@H]1CCCN(Cc2ccccn2)C1)Nc1ccccc1F. The minimum atomic E-state index is -0.393. The Morgan fingerprint density at radius 3 is 2.88 bits per heavy atom. The van der Waals surface area contributed by atoms with E-state index in [1.807, 2.05) is 24.4 Å². The second kappa shape index (κ2) is 8.72. The second-order valence-electron chi connectivity index (χ2n) is 6.63. The maximum atomic E-state index is 13.6. The van der Waals surface area contributed by atoms with Crippen LogP contribution in [0.15, 0.2) is 48.7 Å². The van der Waals surface area contributed by atoms with Gasteiger partial charge in [-0.2, -0.15) is 0 Å². The van der Waals surface area contributed by atoms with E-state index < -0.39 is 5.82 Å². The molecule has 4 nitrogen and oxygen atoms in total. The van der Waals surface area contributed by atoms with Crippen molar-refractivity contribution >= 4 is 11.6 Å². The van der Waals surface area contributed by atoms with Crippen molar-refractivity contribution in [2.75, 3.05) is 18.4 Å². The summed E-state index contributed by atoms with van der Waals surface area (Å²) in [6.45, 7) is 2.93. The summed E-state index contributed by atoms with van der Waals surface area (Å²) in [5, 5.41) is 2.66. The predicted molar refractivity (Wildman–Crippen MR) is 96.5 cm³/mol. The lowest BCUT2D eigenvalue weighted by Gasteiger charge is -2.32. The van der Waals surface area contributed by atoms with Gasteiger partial charge in [-0.1, -0.05) is 18.2 Å². The lowest BCUT2D eigenvalue weighted by atomic mass is 9.93. The molecular weight excluding hydrogens is 317 g/mol. The van der Waals surface area contributed by atoms with Crippen molar-refractivity contribution in [3.8, 4) is 0 Å². The number of piperidine rings is 1. The number of hydrogen-bond acceptors (Lipinski definition) is 3. The standard InChI is InChI=1S/C20H24FN3O/c21-18-8-1-2-9-19(18)23-20(25)11-10-16-6-5-13-24(14-16)15-17-7-3-4-12-22-17/h1-4,7-9,12,16H,5-6,10-11,13-15H2,(H,23,25)/t16-/m0/s1. The van der Waals surface area contributed by atoms with E-state index in [9.17, 15) is 9.18 Å². The molecule has 1 aliphatic rings. The van der Waals surface area contributed by atoms with E-state index >= 15 is 0 Å². The smallest absolute Gasteiger partial charge is 0.224 e. The van der Waals surface area contributed by atoms with E-state index in [-0.39, 0.29) is 11.6 Å². The summed E-state index contributed by atoms with van der Waals surface area (Å²) in [5.41, 5.74) is 1.34. The van der Waals surface area contributed by atoms with Crippen LogP contribution in [0.25, 0.3) is 0 Å². The quantitative estimate of drug-likeness (QED) is 0.868. The molecule has 0 unspecified atom stereocenters. The summed E-state index contributed by atoms with van der Waals surface area (Å²) in [5.74, 6) is -0.00849. The van der Waals surface area contributed by atoms with Gasteiger partial charge in [0, 0.05) is 25.7 Å². The average Bonchev–Trinajstić information content (AvgIpc) is 2.63. The normalized spacial score (nSPS) is 18.0. The second-order valence-corrected chi connectivity index (χ2v) is 6.63. The zero-order valence-electron chi connectivity index (χ0n) is 14.3. The molecule has 0 aliphatic carbocycles. The van der Waals surface area contributed by atoms with Crippen LogP contribution in [-0.2, 0) is 11.3 Å². The topological polar surface area (TPSA) is 45.2 Å². The van der Waals surface area contributed by atoms with Crippen molar-refractivity contribution in [2.45, 2.75) is 32.2 Å². The van der Waals surface area contributed by atoms with Crippen molar-refractivity contribution < 1.29 is 9.18 Å². The average molecular weight is 341 g/mol. The molecular formula is C20H24FN3O. The molecule has 1 N–H and O–H groups in total. The highest BCUT2D eigenvalue weighted by atomic mass is 19.1. The first-order valence-electron chi connectivity index (χ1n) is 8.87. The summed E-state index contributed by atoms with van der Waals surface area (Å²) in [6, 6.07) is 12.3. The van der Waals surface area contributed by atoms with E-state index in [0.717, 1.165) is 44.6 Å². The largest absolute Gasteiger partial charge is 0.324 e. The van der Waals surface area contributed by atoms with E-state index in [1.54, 1.807) is 18.2 Å². The fraction of sp³-hybridized carbons (Fsp3) is 0.400. The van der Waals surface area contributed by atoms with Crippen LogP contribution in [0, 0.1) is 11.7 Å². The van der Waals surface area contributed by atoms with Crippen molar-refractivity contribution in [1.29, 1.82) is 0 Å². The summed E-state index contributed by atoms with van der Waals surface area (Å²) in [4.78, 5) is 18.9. The Morgan fingerprint density at radius 1 is 1.24 bits per heavy atom. The van der Waals surface area contributed by atoms with Crippen LogP contribution in [0.4, 0.5) is 10.1 Å².